The zero-order valence-corrected chi connectivity index (χ0v) is 18.7. The number of halogens is 1. The molecule has 27 heavy (non-hydrogen) atoms. The average Bonchev–Trinajstić information content (AvgIpc) is 3.19. The molecule has 0 amide bonds. The van der Waals surface area contributed by atoms with Gasteiger partial charge in [-0.2, -0.15) is 0 Å². The molecule has 1 aliphatic heterocycles. The smallest absolute Gasteiger partial charge is 0.191 e. The van der Waals surface area contributed by atoms with Gasteiger partial charge in [-0.15, -0.1) is 24.0 Å². The maximum atomic E-state index is 4.30. The van der Waals surface area contributed by atoms with Crippen LogP contribution in [-0.2, 0) is 13.1 Å². The molecule has 1 fully saturated rings. The van der Waals surface area contributed by atoms with Gasteiger partial charge in [0, 0.05) is 57.9 Å². The van der Waals surface area contributed by atoms with Crippen LogP contribution in [0.5, 0.6) is 0 Å². The van der Waals surface area contributed by atoms with E-state index in [0.29, 0.717) is 0 Å². The van der Waals surface area contributed by atoms with E-state index in [-0.39, 0.29) is 24.0 Å². The number of rotatable bonds is 6. The molecule has 3 rings (SSSR count). The number of aliphatic imine (C=N–C) groups is 1. The number of guanidine groups is 1. The Morgan fingerprint density at radius 1 is 1.07 bits per heavy atom. The molecule has 0 bridgehead atoms. The van der Waals surface area contributed by atoms with Gasteiger partial charge in [-0.25, -0.2) is 0 Å². The largest absolute Gasteiger partial charge is 0.372 e. The van der Waals surface area contributed by atoms with Crippen LogP contribution < -0.4 is 15.5 Å². The van der Waals surface area contributed by atoms with Crippen LogP contribution in [0.3, 0.4) is 0 Å². The van der Waals surface area contributed by atoms with E-state index in [9.17, 15) is 0 Å². The fourth-order valence-electron chi connectivity index (χ4n) is 3.32. The molecule has 1 aromatic carbocycles. The maximum absolute atomic E-state index is 4.30. The molecule has 0 saturated carbocycles. The van der Waals surface area contributed by atoms with Gasteiger partial charge in [-0.1, -0.05) is 19.1 Å². The lowest BCUT2D eigenvalue weighted by molar-refractivity contribution is 0.438. The van der Waals surface area contributed by atoms with Crippen molar-refractivity contribution in [3.63, 3.8) is 0 Å². The summed E-state index contributed by atoms with van der Waals surface area (Å²) in [5, 5.41) is 6.74. The second kappa shape index (κ2) is 11.2. The molecular weight excluding hydrogens is 449 g/mol. The summed E-state index contributed by atoms with van der Waals surface area (Å²) in [5.41, 5.74) is 2.61. The van der Waals surface area contributed by atoms with Gasteiger partial charge in [0.2, 0.25) is 0 Å². The molecule has 0 atom stereocenters. The van der Waals surface area contributed by atoms with Crippen molar-refractivity contribution < 1.29 is 0 Å². The number of nitrogens with zero attached hydrogens (tertiary/aromatic N) is 3. The number of aromatic nitrogens is 1. The van der Waals surface area contributed by atoms with Crippen LogP contribution in [0.2, 0.25) is 0 Å². The fourth-order valence-corrected chi connectivity index (χ4v) is 3.32. The first-order valence-corrected chi connectivity index (χ1v) is 9.64. The minimum Gasteiger partial charge on any atom is -0.372 e. The molecule has 6 heteroatoms. The molecule has 0 radical (unpaired) electrons. The van der Waals surface area contributed by atoms with E-state index in [0.717, 1.165) is 31.5 Å². The van der Waals surface area contributed by atoms with Crippen molar-refractivity contribution in [3.8, 4) is 0 Å². The van der Waals surface area contributed by atoms with Crippen LogP contribution in [0.4, 0.5) is 5.69 Å². The Balaban J connectivity index is 0.00000261. The zero-order chi connectivity index (χ0) is 18.2. The summed E-state index contributed by atoms with van der Waals surface area (Å²) in [6.45, 7) is 7.26. The molecule has 0 unspecified atom stereocenters. The standard InChI is InChI=1S/C21H31N5.HI/c1-18-9-14-26(15-10-18)20-7-5-19(6-8-20)17-24-21(22-2)23-11-16-25-12-3-4-13-25;/h3-8,12-13,18H,9-11,14-17H2,1-2H3,(H2,22,23,24);1H. The van der Waals surface area contributed by atoms with Crippen LogP contribution in [0.25, 0.3) is 0 Å². The van der Waals surface area contributed by atoms with Crippen molar-refractivity contribution in [1.29, 1.82) is 0 Å². The molecule has 0 aliphatic carbocycles. The summed E-state index contributed by atoms with van der Waals surface area (Å²) in [6, 6.07) is 13.0. The summed E-state index contributed by atoms with van der Waals surface area (Å²) in [7, 11) is 1.81. The second-order valence-electron chi connectivity index (χ2n) is 7.11. The van der Waals surface area contributed by atoms with Crippen molar-refractivity contribution in [2.75, 3.05) is 31.6 Å². The van der Waals surface area contributed by atoms with Gasteiger partial charge in [0.1, 0.15) is 0 Å². The molecule has 2 heterocycles. The first-order chi connectivity index (χ1) is 12.7. The third kappa shape index (κ3) is 6.75. The first-order valence-electron chi connectivity index (χ1n) is 9.64. The van der Waals surface area contributed by atoms with E-state index in [2.05, 4.69) is 68.7 Å². The normalized spacial score (nSPS) is 15.3. The second-order valence-corrected chi connectivity index (χ2v) is 7.11. The van der Waals surface area contributed by atoms with Crippen LogP contribution in [-0.4, -0.2) is 37.2 Å². The highest BCUT2D eigenvalue weighted by Crippen LogP contribution is 2.23. The monoisotopic (exact) mass is 481 g/mol. The van der Waals surface area contributed by atoms with E-state index in [1.165, 1.54) is 37.2 Å². The SMILES string of the molecule is CN=C(NCCn1cccc1)NCc1ccc(N2CCC(C)CC2)cc1.I. The molecular formula is C21H32IN5. The Hall–Kier alpha value is -1.70. The topological polar surface area (TPSA) is 44.6 Å². The van der Waals surface area contributed by atoms with Gasteiger partial charge in [0.15, 0.2) is 5.96 Å². The Kier molecular flexibility index (Phi) is 8.97. The summed E-state index contributed by atoms with van der Waals surface area (Å²) in [4.78, 5) is 6.80. The van der Waals surface area contributed by atoms with Gasteiger partial charge in [-0.05, 0) is 48.6 Å². The number of anilines is 1. The maximum Gasteiger partial charge on any atom is 0.191 e. The fraction of sp³-hybridized carbons (Fsp3) is 0.476. The van der Waals surface area contributed by atoms with Crippen LogP contribution in [0.1, 0.15) is 25.3 Å². The predicted molar refractivity (Wildman–Crippen MR) is 125 cm³/mol. The third-order valence-electron chi connectivity index (χ3n) is 5.10. The molecule has 0 spiro atoms. The molecule has 2 aromatic rings. The average molecular weight is 481 g/mol. The van der Waals surface area contributed by atoms with Gasteiger partial charge in [0.05, 0.1) is 0 Å². The highest BCUT2D eigenvalue weighted by Gasteiger charge is 2.15. The number of hydrogen-bond donors (Lipinski definition) is 2. The minimum absolute atomic E-state index is 0. The highest BCUT2D eigenvalue weighted by atomic mass is 127. The van der Waals surface area contributed by atoms with Gasteiger partial charge >= 0.3 is 0 Å². The summed E-state index contributed by atoms with van der Waals surface area (Å²) < 4.78 is 2.15. The van der Waals surface area contributed by atoms with Gasteiger partial charge in [0.25, 0.3) is 0 Å². The van der Waals surface area contributed by atoms with Crippen LogP contribution in [0.15, 0.2) is 53.8 Å². The molecule has 2 N–H and O–H groups in total. The summed E-state index contributed by atoms with van der Waals surface area (Å²) >= 11 is 0. The third-order valence-corrected chi connectivity index (χ3v) is 5.10. The van der Waals surface area contributed by atoms with Crippen molar-refractivity contribution in [1.82, 2.24) is 15.2 Å². The molecule has 1 aromatic heterocycles. The number of nitrogens with one attached hydrogen (secondary N) is 2. The summed E-state index contributed by atoms with van der Waals surface area (Å²) in [6.07, 6.45) is 6.74. The molecule has 1 saturated heterocycles. The van der Waals surface area contributed by atoms with Crippen molar-refractivity contribution >= 4 is 35.6 Å². The van der Waals surface area contributed by atoms with Gasteiger partial charge in [-0.3, -0.25) is 4.99 Å². The quantitative estimate of drug-likeness (QED) is 0.376. The lowest BCUT2D eigenvalue weighted by atomic mass is 9.99. The van der Waals surface area contributed by atoms with E-state index in [1.54, 1.807) is 0 Å². The Bertz CT molecular complexity index is 673. The van der Waals surface area contributed by atoms with Crippen molar-refractivity contribution in [2.24, 2.45) is 10.9 Å². The number of benzene rings is 1. The van der Waals surface area contributed by atoms with Crippen LogP contribution in [0, 0.1) is 5.92 Å². The minimum atomic E-state index is 0. The lowest BCUT2D eigenvalue weighted by Crippen LogP contribution is -2.38. The van der Waals surface area contributed by atoms with E-state index in [4.69, 9.17) is 0 Å². The molecule has 5 nitrogen and oxygen atoms in total. The summed E-state index contributed by atoms with van der Waals surface area (Å²) in [5.74, 6) is 1.71. The highest BCUT2D eigenvalue weighted by molar-refractivity contribution is 14.0. The van der Waals surface area contributed by atoms with E-state index >= 15 is 0 Å². The number of piperidine rings is 1. The van der Waals surface area contributed by atoms with Crippen molar-refractivity contribution in [2.45, 2.75) is 32.9 Å². The van der Waals surface area contributed by atoms with E-state index < -0.39 is 0 Å². The molecule has 148 valence electrons. The Labute approximate surface area is 180 Å². The lowest BCUT2D eigenvalue weighted by Gasteiger charge is -2.32. The van der Waals surface area contributed by atoms with Crippen molar-refractivity contribution in [3.05, 3.63) is 54.4 Å². The molecule has 1 aliphatic rings. The van der Waals surface area contributed by atoms with Gasteiger partial charge < -0.3 is 20.1 Å². The zero-order valence-electron chi connectivity index (χ0n) is 16.4. The van der Waals surface area contributed by atoms with Crippen LogP contribution >= 0.6 is 24.0 Å². The Morgan fingerprint density at radius 2 is 1.74 bits per heavy atom. The van der Waals surface area contributed by atoms with E-state index in [1.807, 2.05) is 19.2 Å². The predicted octanol–water partition coefficient (Wildman–Crippen LogP) is 3.71. The number of hydrogen-bond acceptors (Lipinski definition) is 2. The first kappa shape index (κ1) is 21.6. The Morgan fingerprint density at radius 3 is 2.37 bits per heavy atom.